The van der Waals surface area contributed by atoms with Gasteiger partial charge in [0.2, 0.25) is 0 Å². The van der Waals surface area contributed by atoms with Gasteiger partial charge in [0.1, 0.15) is 0 Å². The van der Waals surface area contributed by atoms with Crippen LogP contribution in [0, 0.1) is 0 Å². The Kier molecular flexibility index (Phi) is 7.01. The maximum Gasteiger partial charge on any atom is 0.0267 e. The molecule has 0 unspecified atom stereocenters. The number of rotatable bonds is 4. The average Bonchev–Trinajstić information content (AvgIpc) is 1.97. The third-order valence-corrected chi connectivity index (χ3v) is 0.852. The Morgan fingerprint density at radius 3 is 2.80 bits per heavy atom. The van der Waals surface area contributed by atoms with Crippen LogP contribution in [0.15, 0.2) is 42.1 Å². The molecule has 54 valence electrons. The van der Waals surface area contributed by atoms with Crippen LogP contribution in [0.2, 0.25) is 0 Å². The van der Waals surface area contributed by atoms with Gasteiger partial charge in [0.25, 0.3) is 0 Å². The second-order valence-corrected chi connectivity index (χ2v) is 1.71. The van der Waals surface area contributed by atoms with Crippen molar-refractivity contribution in [2.24, 2.45) is 4.99 Å². The quantitative estimate of drug-likeness (QED) is 0.415. The molecule has 10 heavy (non-hydrogen) atoms. The lowest BCUT2D eigenvalue weighted by molar-refractivity contribution is 1.23. The molecule has 0 saturated heterocycles. The lowest BCUT2D eigenvalue weighted by atomic mass is 10.4. The van der Waals surface area contributed by atoms with Crippen molar-refractivity contribution < 1.29 is 0 Å². The smallest absolute Gasteiger partial charge is 0.0267 e. The van der Waals surface area contributed by atoms with Gasteiger partial charge in [-0.05, 0) is 18.6 Å². The predicted molar refractivity (Wildman–Crippen MR) is 47.3 cm³/mol. The predicted octanol–water partition coefficient (Wildman–Crippen LogP) is 2.72. The van der Waals surface area contributed by atoms with E-state index in [4.69, 9.17) is 0 Å². The van der Waals surface area contributed by atoms with Crippen molar-refractivity contribution >= 4 is 6.21 Å². The van der Waals surface area contributed by atoms with Gasteiger partial charge >= 0.3 is 0 Å². The molecule has 1 nitrogen and oxygen atoms in total. The lowest BCUT2D eigenvalue weighted by Gasteiger charge is -1.73. The molecule has 0 radical (unpaired) electrons. The van der Waals surface area contributed by atoms with Crippen LogP contribution in [-0.4, -0.2) is 6.21 Å². The van der Waals surface area contributed by atoms with Crippen molar-refractivity contribution in [1.82, 2.24) is 0 Å². The van der Waals surface area contributed by atoms with Crippen LogP contribution in [-0.2, 0) is 0 Å². The zero-order valence-electron chi connectivity index (χ0n) is 6.33. The van der Waals surface area contributed by atoms with Gasteiger partial charge in [-0.1, -0.05) is 25.7 Å². The van der Waals surface area contributed by atoms with Gasteiger partial charge in [0.15, 0.2) is 0 Å². The first-order valence-corrected chi connectivity index (χ1v) is 3.37. The summed E-state index contributed by atoms with van der Waals surface area (Å²) >= 11 is 0. The van der Waals surface area contributed by atoms with E-state index in [0.717, 1.165) is 6.42 Å². The highest BCUT2D eigenvalue weighted by Gasteiger charge is 1.61. The minimum absolute atomic E-state index is 1.05. The second-order valence-electron chi connectivity index (χ2n) is 1.71. The highest BCUT2D eigenvalue weighted by Crippen LogP contribution is 1.78. The van der Waals surface area contributed by atoms with Crippen LogP contribution in [0.4, 0.5) is 0 Å². The zero-order chi connectivity index (χ0) is 7.66. The van der Waals surface area contributed by atoms with Gasteiger partial charge in [0, 0.05) is 12.4 Å². The normalized spacial score (nSPS) is 12.1. The van der Waals surface area contributed by atoms with E-state index in [1.165, 1.54) is 0 Å². The summed E-state index contributed by atoms with van der Waals surface area (Å²) in [6, 6.07) is 0. The summed E-state index contributed by atoms with van der Waals surface area (Å²) in [4.78, 5) is 3.94. The van der Waals surface area contributed by atoms with Crippen molar-refractivity contribution in [2.75, 3.05) is 0 Å². The minimum atomic E-state index is 1.05. The first-order valence-electron chi connectivity index (χ1n) is 3.37. The van der Waals surface area contributed by atoms with Crippen LogP contribution < -0.4 is 0 Å². The Morgan fingerprint density at radius 1 is 1.40 bits per heavy atom. The Balaban J connectivity index is 3.46. The molecule has 0 aliphatic rings. The minimum Gasteiger partial charge on any atom is -0.265 e. The van der Waals surface area contributed by atoms with Crippen LogP contribution in [0.5, 0.6) is 0 Å². The summed E-state index contributed by atoms with van der Waals surface area (Å²) in [5, 5.41) is 0. The number of aliphatic imine (C=N–C) groups is 1. The molecule has 0 aromatic rings. The fourth-order valence-electron chi connectivity index (χ4n) is 0.407. The number of hydrogen-bond acceptors (Lipinski definition) is 1. The second kappa shape index (κ2) is 7.89. The Hall–Kier alpha value is -1.11. The average molecular weight is 135 g/mol. The summed E-state index contributed by atoms with van der Waals surface area (Å²) in [6.07, 6.45) is 12.0. The topological polar surface area (TPSA) is 12.4 Å². The van der Waals surface area contributed by atoms with Gasteiger partial charge in [-0.25, -0.2) is 0 Å². The molecule has 0 heterocycles. The van der Waals surface area contributed by atoms with Gasteiger partial charge < -0.3 is 0 Å². The number of nitrogens with zero attached hydrogens (tertiary/aromatic N) is 1. The van der Waals surface area contributed by atoms with Crippen LogP contribution >= 0.6 is 0 Å². The molecule has 0 N–H and O–H groups in total. The highest BCUT2D eigenvalue weighted by molar-refractivity contribution is 5.71. The number of allylic oxidation sites excluding steroid dienone is 4. The summed E-state index contributed by atoms with van der Waals surface area (Å²) in [5.74, 6) is 0. The van der Waals surface area contributed by atoms with Crippen molar-refractivity contribution in [3.63, 3.8) is 0 Å². The first-order chi connectivity index (χ1) is 4.91. The third kappa shape index (κ3) is 6.89. The molecule has 0 bridgehead atoms. The van der Waals surface area contributed by atoms with Crippen LogP contribution in [0.25, 0.3) is 0 Å². The van der Waals surface area contributed by atoms with E-state index < -0.39 is 0 Å². The fraction of sp³-hybridized carbons (Fsp3) is 0.222. The van der Waals surface area contributed by atoms with Crippen molar-refractivity contribution in [3.8, 4) is 0 Å². The molecule has 1 heteroatoms. The summed E-state index contributed by atoms with van der Waals surface area (Å²) in [6.45, 7) is 5.60. The van der Waals surface area contributed by atoms with E-state index in [-0.39, 0.29) is 0 Å². The molecule has 0 saturated carbocycles. The standard InChI is InChI=1S/C9H13N/c1-3-5-7-9-10-8-6-4-2/h4-9H,2-3H2,1H3/b7-5+,8-6-,10-9+. The number of hydrogen-bond donors (Lipinski definition) is 0. The van der Waals surface area contributed by atoms with E-state index in [1.807, 2.05) is 12.2 Å². The SMILES string of the molecule is C=C\C=C/N=C/C=C/CC. The molecule has 0 atom stereocenters. The molecule has 0 rings (SSSR count). The Bertz CT molecular complexity index is 152. The summed E-state index contributed by atoms with van der Waals surface area (Å²) in [5.41, 5.74) is 0. The first kappa shape index (κ1) is 8.89. The monoisotopic (exact) mass is 135 g/mol. The van der Waals surface area contributed by atoms with Gasteiger partial charge in [-0.3, -0.25) is 4.99 Å². The van der Waals surface area contributed by atoms with Gasteiger partial charge in [-0.2, -0.15) is 0 Å². The molecule has 0 aliphatic heterocycles. The largest absolute Gasteiger partial charge is 0.265 e. The van der Waals surface area contributed by atoms with Gasteiger partial charge in [0.05, 0.1) is 0 Å². The third-order valence-electron chi connectivity index (χ3n) is 0.852. The Morgan fingerprint density at radius 2 is 2.20 bits per heavy atom. The van der Waals surface area contributed by atoms with Crippen molar-refractivity contribution in [2.45, 2.75) is 13.3 Å². The molecule has 0 amide bonds. The summed E-state index contributed by atoms with van der Waals surface area (Å²) in [7, 11) is 0. The highest BCUT2D eigenvalue weighted by atomic mass is 14.6. The van der Waals surface area contributed by atoms with Crippen LogP contribution in [0.3, 0.4) is 0 Å². The van der Waals surface area contributed by atoms with E-state index in [9.17, 15) is 0 Å². The van der Waals surface area contributed by atoms with E-state index in [0.29, 0.717) is 0 Å². The maximum absolute atomic E-state index is 3.94. The van der Waals surface area contributed by atoms with Crippen molar-refractivity contribution in [1.29, 1.82) is 0 Å². The molecule has 0 fully saturated rings. The molecule has 0 aromatic heterocycles. The molecule has 0 aromatic carbocycles. The van der Waals surface area contributed by atoms with E-state index in [2.05, 4.69) is 18.5 Å². The lowest BCUT2D eigenvalue weighted by Crippen LogP contribution is -1.60. The van der Waals surface area contributed by atoms with Crippen LogP contribution in [0.1, 0.15) is 13.3 Å². The van der Waals surface area contributed by atoms with Gasteiger partial charge in [-0.15, -0.1) is 0 Å². The summed E-state index contributed by atoms with van der Waals surface area (Å²) < 4.78 is 0. The molecular formula is C9H13N. The molecule has 0 aliphatic carbocycles. The molecule has 0 spiro atoms. The zero-order valence-corrected chi connectivity index (χ0v) is 6.33. The van der Waals surface area contributed by atoms with E-state index in [1.54, 1.807) is 24.6 Å². The Labute approximate surface area is 62.5 Å². The molecular weight excluding hydrogens is 122 g/mol. The maximum atomic E-state index is 3.94. The van der Waals surface area contributed by atoms with E-state index >= 15 is 0 Å². The van der Waals surface area contributed by atoms with Crippen molar-refractivity contribution in [3.05, 3.63) is 37.1 Å². The fourth-order valence-corrected chi connectivity index (χ4v) is 0.407.